The molecule has 1 saturated carbocycles. The molecule has 1 fully saturated rings. The van der Waals surface area contributed by atoms with Gasteiger partial charge >= 0.3 is 5.97 Å². The van der Waals surface area contributed by atoms with Gasteiger partial charge in [-0.2, -0.15) is 5.26 Å². The van der Waals surface area contributed by atoms with Gasteiger partial charge in [0.1, 0.15) is 0 Å². The number of aliphatic carboxylic acids is 1. The Morgan fingerprint density at radius 1 is 1.53 bits per heavy atom. The highest BCUT2D eigenvalue weighted by atomic mass is 32.2. The van der Waals surface area contributed by atoms with E-state index in [0.29, 0.717) is 12.8 Å². The number of nitriles is 1. The van der Waals surface area contributed by atoms with Gasteiger partial charge in [0.15, 0.2) is 5.75 Å². The van der Waals surface area contributed by atoms with E-state index < -0.39 is 27.8 Å². The molecule has 6 nitrogen and oxygen atoms in total. The van der Waals surface area contributed by atoms with Crippen molar-refractivity contribution in [2.24, 2.45) is 5.92 Å². The fraction of sp³-hybridized carbons (Fsp3) is 0.750. The Balaban J connectivity index is 2.62. The summed E-state index contributed by atoms with van der Waals surface area (Å²) in [6.45, 7) is 0. The van der Waals surface area contributed by atoms with Gasteiger partial charge in [-0.05, 0) is 12.8 Å². The average Bonchev–Trinajstić information content (AvgIpc) is 2.48. The third-order valence-corrected chi connectivity index (χ3v) is 3.62. The summed E-state index contributed by atoms with van der Waals surface area (Å²) in [5, 5.41) is 17.1. The van der Waals surface area contributed by atoms with E-state index in [0.717, 1.165) is 6.42 Å². The topological polar surface area (TPSA) is 107 Å². The zero-order valence-corrected chi connectivity index (χ0v) is 8.83. The van der Waals surface area contributed by atoms with Gasteiger partial charge in [0.25, 0.3) is 0 Å². The number of hydrogen-bond acceptors (Lipinski definition) is 4. The van der Waals surface area contributed by atoms with Crippen molar-refractivity contribution < 1.29 is 18.3 Å². The highest BCUT2D eigenvalue weighted by molar-refractivity contribution is 7.90. The number of nitrogens with one attached hydrogen (secondary N) is 1. The first-order valence-corrected chi connectivity index (χ1v) is 6.21. The second-order valence-corrected chi connectivity index (χ2v) is 5.30. The lowest BCUT2D eigenvalue weighted by Crippen LogP contribution is -2.39. The number of carbonyl (C=O) groups is 1. The van der Waals surface area contributed by atoms with Gasteiger partial charge in [0.05, 0.1) is 12.0 Å². The molecule has 7 heteroatoms. The van der Waals surface area contributed by atoms with Crippen molar-refractivity contribution in [1.29, 1.82) is 5.26 Å². The van der Waals surface area contributed by atoms with Crippen LogP contribution in [0.5, 0.6) is 0 Å². The van der Waals surface area contributed by atoms with Gasteiger partial charge in [-0.25, -0.2) is 13.1 Å². The normalized spacial score (nSPS) is 26.1. The van der Waals surface area contributed by atoms with Gasteiger partial charge in [-0.1, -0.05) is 6.42 Å². The second-order valence-electron chi connectivity index (χ2n) is 3.54. The van der Waals surface area contributed by atoms with Crippen LogP contribution in [-0.2, 0) is 14.8 Å². The number of nitrogens with zero attached hydrogens (tertiary/aromatic N) is 1. The Bertz CT molecular complexity index is 384. The van der Waals surface area contributed by atoms with E-state index in [4.69, 9.17) is 10.4 Å². The molecule has 2 unspecified atom stereocenters. The zero-order chi connectivity index (χ0) is 11.5. The lowest BCUT2D eigenvalue weighted by Gasteiger charge is -2.14. The molecule has 1 aliphatic rings. The molecule has 0 aromatic rings. The molecular weight excluding hydrogens is 220 g/mol. The molecule has 0 amide bonds. The maximum Gasteiger partial charge on any atom is 0.320 e. The van der Waals surface area contributed by atoms with Crippen molar-refractivity contribution in [3.05, 3.63) is 0 Å². The molecule has 0 heterocycles. The average molecular weight is 232 g/mol. The largest absolute Gasteiger partial charge is 0.480 e. The number of sulfonamides is 1. The maximum absolute atomic E-state index is 11.3. The Morgan fingerprint density at radius 3 is 2.73 bits per heavy atom. The third kappa shape index (κ3) is 3.49. The second kappa shape index (κ2) is 4.59. The Kier molecular flexibility index (Phi) is 3.66. The van der Waals surface area contributed by atoms with Gasteiger partial charge < -0.3 is 5.11 Å². The van der Waals surface area contributed by atoms with Crippen LogP contribution in [-0.4, -0.2) is 31.3 Å². The quantitative estimate of drug-likeness (QED) is 0.690. The SMILES string of the molecule is N#CC1CCCC1NS(=O)(=O)CC(=O)O. The van der Waals surface area contributed by atoms with Crippen LogP contribution >= 0.6 is 0 Å². The molecule has 0 radical (unpaired) electrons. The number of carboxylic acids is 1. The first-order valence-electron chi connectivity index (χ1n) is 4.56. The van der Waals surface area contributed by atoms with Crippen molar-refractivity contribution in [3.63, 3.8) is 0 Å². The molecule has 84 valence electrons. The maximum atomic E-state index is 11.3. The summed E-state index contributed by atoms with van der Waals surface area (Å²) in [5.41, 5.74) is 0. The summed E-state index contributed by atoms with van der Waals surface area (Å²) in [5.74, 6) is -2.68. The van der Waals surface area contributed by atoms with Crippen molar-refractivity contribution in [3.8, 4) is 6.07 Å². The Morgan fingerprint density at radius 2 is 2.20 bits per heavy atom. The molecular formula is C8H12N2O4S. The van der Waals surface area contributed by atoms with Gasteiger partial charge in [0, 0.05) is 6.04 Å². The van der Waals surface area contributed by atoms with Gasteiger partial charge in [-0.3, -0.25) is 4.79 Å². The summed E-state index contributed by atoms with van der Waals surface area (Å²) in [6, 6.07) is 1.58. The van der Waals surface area contributed by atoms with E-state index in [1.807, 2.05) is 6.07 Å². The van der Waals surface area contributed by atoms with Crippen LogP contribution in [0.4, 0.5) is 0 Å². The molecule has 1 rings (SSSR count). The lowest BCUT2D eigenvalue weighted by molar-refractivity contribution is -0.134. The summed E-state index contributed by atoms with van der Waals surface area (Å²) < 4.78 is 24.8. The number of rotatable bonds is 4. The van der Waals surface area contributed by atoms with Crippen LogP contribution < -0.4 is 4.72 Å². The minimum absolute atomic E-state index is 0.339. The molecule has 2 atom stereocenters. The first kappa shape index (κ1) is 11.9. The summed E-state index contributed by atoms with van der Waals surface area (Å²) in [4.78, 5) is 10.3. The van der Waals surface area contributed by atoms with E-state index in [2.05, 4.69) is 4.72 Å². The number of carboxylic acid groups (broad SMARTS) is 1. The lowest BCUT2D eigenvalue weighted by atomic mass is 10.1. The van der Waals surface area contributed by atoms with E-state index in [1.165, 1.54) is 0 Å². The Labute approximate surface area is 87.9 Å². The number of hydrogen-bond donors (Lipinski definition) is 2. The molecule has 0 aromatic heterocycles. The highest BCUT2D eigenvalue weighted by Crippen LogP contribution is 2.25. The van der Waals surface area contributed by atoms with E-state index >= 15 is 0 Å². The summed E-state index contributed by atoms with van der Waals surface area (Å²) >= 11 is 0. The van der Waals surface area contributed by atoms with Gasteiger partial charge in [0.2, 0.25) is 10.0 Å². The van der Waals surface area contributed by atoms with Crippen LogP contribution in [0.3, 0.4) is 0 Å². The molecule has 0 saturated heterocycles. The predicted molar refractivity (Wildman–Crippen MR) is 51.3 cm³/mol. The van der Waals surface area contributed by atoms with Crippen LogP contribution in [0.2, 0.25) is 0 Å². The van der Waals surface area contributed by atoms with E-state index in [9.17, 15) is 13.2 Å². The molecule has 2 N–H and O–H groups in total. The predicted octanol–water partition coefficient (Wildman–Crippen LogP) is -0.317. The Hall–Kier alpha value is -1.13. The van der Waals surface area contributed by atoms with Crippen molar-refractivity contribution >= 4 is 16.0 Å². The minimum atomic E-state index is -3.81. The first-order chi connectivity index (χ1) is 6.94. The monoisotopic (exact) mass is 232 g/mol. The summed E-state index contributed by atoms with van der Waals surface area (Å²) in [6.07, 6.45) is 2.05. The molecule has 0 aliphatic heterocycles. The fourth-order valence-corrected chi connectivity index (χ4v) is 2.84. The van der Waals surface area contributed by atoms with Crippen LogP contribution in [0.25, 0.3) is 0 Å². The standard InChI is InChI=1S/C8H12N2O4S/c9-4-6-2-1-3-7(6)10-15(13,14)5-8(11)12/h6-7,10H,1-3,5H2,(H,11,12). The summed E-state index contributed by atoms with van der Waals surface area (Å²) in [7, 11) is -3.81. The minimum Gasteiger partial charge on any atom is -0.480 e. The van der Waals surface area contributed by atoms with Crippen LogP contribution in [0.1, 0.15) is 19.3 Å². The van der Waals surface area contributed by atoms with Crippen LogP contribution in [0.15, 0.2) is 0 Å². The molecule has 15 heavy (non-hydrogen) atoms. The molecule has 1 aliphatic carbocycles. The van der Waals surface area contributed by atoms with E-state index in [-0.39, 0.29) is 5.92 Å². The smallest absolute Gasteiger partial charge is 0.320 e. The molecule has 0 spiro atoms. The zero-order valence-electron chi connectivity index (χ0n) is 8.01. The van der Waals surface area contributed by atoms with Crippen LogP contribution in [0, 0.1) is 17.2 Å². The van der Waals surface area contributed by atoms with E-state index in [1.54, 1.807) is 0 Å². The van der Waals surface area contributed by atoms with Crippen molar-refractivity contribution in [1.82, 2.24) is 4.72 Å². The van der Waals surface area contributed by atoms with Gasteiger partial charge in [-0.15, -0.1) is 0 Å². The fourth-order valence-electron chi connectivity index (χ4n) is 1.69. The van der Waals surface area contributed by atoms with Crippen molar-refractivity contribution in [2.75, 3.05) is 5.75 Å². The molecule has 0 bridgehead atoms. The highest BCUT2D eigenvalue weighted by Gasteiger charge is 2.31. The third-order valence-electron chi connectivity index (χ3n) is 2.33. The van der Waals surface area contributed by atoms with Crippen molar-refractivity contribution in [2.45, 2.75) is 25.3 Å². The molecule has 0 aromatic carbocycles.